The largest absolute Gasteiger partial charge is 0.419 e. The molecule has 0 radical (unpaired) electrons. The lowest BCUT2D eigenvalue weighted by Gasteiger charge is -2.48. The van der Waals surface area contributed by atoms with Crippen LogP contribution < -0.4 is 10.2 Å². The topological polar surface area (TPSA) is 75.5 Å². The number of rotatable bonds is 4. The minimum atomic E-state index is -4.89. The molecule has 2 aromatic heterocycles. The first-order valence-corrected chi connectivity index (χ1v) is 13.8. The van der Waals surface area contributed by atoms with Crippen LogP contribution in [0.25, 0.3) is 16.9 Å². The molecule has 0 atom stereocenters. The SMILES string of the molecule is O=C(c1cc(-c2cccnc2)n(-c2ccc(C(F)(F)F)c(F)c2)n1)N1CCC2(CC1)COCNCN2c1cc(F)c(F)c(F)c1. The first kappa shape index (κ1) is 30.5. The van der Waals surface area contributed by atoms with E-state index in [0.29, 0.717) is 36.2 Å². The number of aromatic nitrogens is 3. The maximum absolute atomic E-state index is 14.5. The maximum atomic E-state index is 14.5. The standard InChI is InChI=1S/C30H25F7N6O2/c31-22-10-19(3-4-21(22)30(35,36)37)43-26(18-2-1-7-38-14-18)13-25(40-43)28(44)41-8-5-29(6-9-41)15-45-17-39-16-42(29)20-11-23(32)27(34)24(33)12-20/h1-4,7,10-14,39H,5-6,8-9,15-17H2. The zero-order chi connectivity index (χ0) is 31.9. The summed E-state index contributed by atoms with van der Waals surface area (Å²) in [5, 5.41) is 7.37. The summed E-state index contributed by atoms with van der Waals surface area (Å²) < 4.78 is 103. The van der Waals surface area contributed by atoms with Gasteiger partial charge in [0.05, 0.1) is 42.5 Å². The van der Waals surface area contributed by atoms with Gasteiger partial charge in [0.2, 0.25) is 0 Å². The van der Waals surface area contributed by atoms with Crippen molar-refractivity contribution in [1.29, 1.82) is 0 Å². The number of halogens is 7. The predicted octanol–water partition coefficient (Wildman–Crippen LogP) is 5.53. The second-order valence-corrected chi connectivity index (χ2v) is 10.8. The number of carbonyl (C=O) groups excluding carboxylic acids is 1. The smallest absolute Gasteiger partial charge is 0.364 e. The van der Waals surface area contributed by atoms with Gasteiger partial charge in [0.15, 0.2) is 23.1 Å². The Morgan fingerprint density at radius 2 is 1.64 bits per heavy atom. The average Bonchev–Trinajstić information content (AvgIpc) is 3.37. The molecule has 2 aliphatic heterocycles. The molecule has 8 nitrogen and oxygen atoms in total. The molecule has 2 fully saturated rings. The Bertz CT molecular complexity index is 1700. The van der Waals surface area contributed by atoms with E-state index < -0.39 is 46.5 Å². The number of hydrogen-bond donors (Lipinski definition) is 1. The minimum absolute atomic E-state index is 0.0338. The highest BCUT2D eigenvalue weighted by molar-refractivity contribution is 5.93. The van der Waals surface area contributed by atoms with Crippen molar-refractivity contribution in [3.8, 4) is 16.9 Å². The van der Waals surface area contributed by atoms with E-state index in [9.17, 15) is 35.5 Å². The average molecular weight is 635 g/mol. The molecule has 2 aliphatic rings. The number of nitrogens with one attached hydrogen (secondary N) is 1. The molecule has 236 valence electrons. The van der Waals surface area contributed by atoms with E-state index in [1.165, 1.54) is 28.0 Å². The van der Waals surface area contributed by atoms with Crippen LogP contribution in [0.5, 0.6) is 0 Å². The highest BCUT2D eigenvalue weighted by Gasteiger charge is 2.43. The number of amides is 1. The molecular weight excluding hydrogens is 609 g/mol. The van der Waals surface area contributed by atoms with Gasteiger partial charge in [-0.05, 0) is 43.2 Å². The van der Waals surface area contributed by atoms with Gasteiger partial charge >= 0.3 is 6.18 Å². The maximum Gasteiger partial charge on any atom is 0.419 e. The summed E-state index contributed by atoms with van der Waals surface area (Å²) in [6.07, 6.45) is -1.26. The van der Waals surface area contributed by atoms with Crippen molar-refractivity contribution < 1.29 is 40.3 Å². The van der Waals surface area contributed by atoms with Crippen LogP contribution in [0.2, 0.25) is 0 Å². The number of carbonyl (C=O) groups is 1. The van der Waals surface area contributed by atoms with Gasteiger partial charge in [0, 0.05) is 54.9 Å². The van der Waals surface area contributed by atoms with Crippen molar-refractivity contribution in [2.75, 3.05) is 38.0 Å². The Labute approximate surface area is 252 Å². The van der Waals surface area contributed by atoms with Crippen LogP contribution >= 0.6 is 0 Å². The first-order chi connectivity index (χ1) is 21.5. The number of anilines is 1. The summed E-state index contributed by atoms with van der Waals surface area (Å²) in [6, 6.07) is 8.95. The van der Waals surface area contributed by atoms with Gasteiger partial charge in [-0.3, -0.25) is 15.1 Å². The molecule has 1 N–H and O–H groups in total. The Morgan fingerprint density at radius 1 is 0.933 bits per heavy atom. The third kappa shape index (κ3) is 5.84. The molecule has 2 aromatic carbocycles. The monoisotopic (exact) mass is 634 g/mol. The van der Waals surface area contributed by atoms with Gasteiger partial charge in [-0.25, -0.2) is 22.2 Å². The van der Waals surface area contributed by atoms with Crippen molar-refractivity contribution in [3.63, 3.8) is 0 Å². The summed E-state index contributed by atoms with van der Waals surface area (Å²) >= 11 is 0. The zero-order valence-electron chi connectivity index (χ0n) is 23.4. The van der Waals surface area contributed by atoms with E-state index in [2.05, 4.69) is 15.4 Å². The Balaban J connectivity index is 1.29. The summed E-state index contributed by atoms with van der Waals surface area (Å²) in [4.78, 5) is 21.0. The lowest BCUT2D eigenvalue weighted by Crippen LogP contribution is -2.59. The van der Waals surface area contributed by atoms with E-state index in [-0.39, 0.29) is 50.2 Å². The summed E-state index contributed by atoms with van der Waals surface area (Å²) in [7, 11) is 0. The fourth-order valence-corrected chi connectivity index (χ4v) is 5.75. The molecule has 15 heteroatoms. The Morgan fingerprint density at radius 3 is 2.29 bits per heavy atom. The van der Waals surface area contributed by atoms with Gasteiger partial charge in [0.25, 0.3) is 5.91 Å². The van der Waals surface area contributed by atoms with Crippen molar-refractivity contribution >= 4 is 11.6 Å². The van der Waals surface area contributed by atoms with E-state index in [4.69, 9.17) is 4.74 Å². The number of pyridine rings is 1. The van der Waals surface area contributed by atoms with Crippen LogP contribution in [0.1, 0.15) is 28.9 Å². The molecule has 2 saturated heterocycles. The van der Waals surface area contributed by atoms with Crippen LogP contribution in [0.3, 0.4) is 0 Å². The molecule has 0 unspecified atom stereocenters. The lowest BCUT2D eigenvalue weighted by atomic mass is 9.85. The minimum Gasteiger partial charge on any atom is -0.364 e. The molecule has 1 spiro atoms. The number of likely N-dealkylation sites (tertiary alicyclic amines) is 1. The van der Waals surface area contributed by atoms with Gasteiger partial charge < -0.3 is 14.5 Å². The van der Waals surface area contributed by atoms with Crippen molar-refractivity contribution in [1.82, 2.24) is 25.0 Å². The van der Waals surface area contributed by atoms with E-state index in [1.807, 2.05) is 0 Å². The Hall–Kier alpha value is -4.50. The molecular formula is C30H25F7N6O2. The summed E-state index contributed by atoms with van der Waals surface area (Å²) in [6.45, 7) is 0.874. The van der Waals surface area contributed by atoms with Crippen molar-refractivity contribution in [2.45, 2.75) is 24.6 Å². The highest BCUT2D eigenvalue weighted by atomic mass is 19.4. The summed E-state index contributed by atoms with van der Waals surface area (Å²) in [5.41, 5.74) is -1.38. The molecule has 4 heterocycles. The van der Waals surface area contributed by atoms with Crippen molar-refractivity contribution in [3.05, 3.63) is 95.5 Å². The van der Waals surface area contributed by atoms with E-state index >= 15 is 0 Å². The Kier molecular flexibility index (Phi) is 7.99. The van der Waals surface area contributed by atoms with Crippen LogP contribution in [0.15, 0.2) is 60.9 Å². The number of alkyl halides is 3. The van der Waals surface area contributed by atoms with E-state index in [1.54, 1.807) is 17.0 Å². The first-order valence-electron chi connectivity index (χ1n) is 13.8. The summed E-state index contributed by atoms with van der Waals surface area (Å²) in [5.74, 6) is -6.21. The fraction of sp³-hybridized carbons (Fsp3) is 0.300. The molecule has 4 aromatic rings. The lowest BCUT2D eigenvalue weighted by molar-refractivity contribution is -0.140. The fourth-order valence-electron chi connectivity index (χ4n) is 5.75. The number of piperidine rings is 1. The quantitative estimate of drug-likeness (QED) is 0.235. The van der Waals surface area contributed by atoms with Crippen LogP contribution in [0, 0.1) is 23.3 Å². The number of hydrogen-bond acceptors (Lipinski definition) is 6. The third-order valence-corrected chi connectivity index (χ3v) is 8.07. The van der Waals surface area contributed by atoms with Crippen LogP contribution in [-0.2, 0) is 10.9 Å². The normalized spacial score (nSPS) is 17.0. The van der Waals surface area contributed by atoms with Gasteiger partial charge in [-0.1, -0.05) is 0 Å². The number of benzene rings is 2. The van der Waals surface area contributed by atoms with Gasteiger partial charge in [0.1, 0.15) is 5.82 Å². The molecule has 0 bridgehead atoms. The molecule has 0 saturated carbocycles. The second kappa shape index (κ2) is 11.8. The molecule has 6 rings (SSSR count). The number of ether oxygens (including phenoxy) is 1. The van der Waals surface area contributed by atoms with Crippen LogP contribution in [-0.4, -0.2) is 64.2 Å². The van der Waals surface area contributed by atoms with Crippen molar-refractivity contribution in [2.24, 2.45) is 0 Å². The second-order valence-electron chi connectivity index (χ2n) is 10.8. The molecule has 45 heavy (non-hydrogen) atoms. The number of nitrogens with zero attached hydrogens (tertiary/aromatic N) is 5. The zero-order valence-corrected chi connectivity index (χ0v) is 23.4. The van der Waals surface area contributed by atoms with Crippen LogP contribution in [0.4, 0.5) is 36.4 Å². The molecule has 0 aliphatic carbocycles. The predicted molar refractivity (Wildman–Crippen MR) is 147 cm³/mol. The van der Waals surface area contributed by atoms with E-state index in [0.717, 1.165) is 18.2 Å². The third-order valence-electron chi connectivity index (χ3n) is 8.07. The van der Waals surface area contributed by atoms with Gasteiger partial charge in [-0.15, -0.1) is 0 Å². The molecule has 1 amide bonds. The van der Waals surface area contributed by atoms with Gasteiger partial charge in [-0.2, -0.15) is 18.3 Å². The highest BCUT2D eigenvalue weighted by Crippen LogP contribution is 2.37.